The average molecular weight is 473 g/mol. The number of hydrogen-bond donors (Lipinski definition) is 1. The molecule has 1 amide bonds. The first kappa shape index (κ1) is 22.9. The number of aromatic nitrogens is 2. The average Bonchev–Trinajstić information content (AvgIpc) is 2.91. The van der Waals surface area contributed by atoms with Crippen molar-refractivity contribution in [1.29, 1.82) is 0 Å². The van der Waals surface area contributed by atoms with Crippen LogP contribution in [0.2, 0.25) is 0 Å². The van der Waals surface area contributed by atoms with Gasteiger partial charge in [0.25, 0.3) is 11.5 Å². The summed E-state index contributed by atoms with van der Waals surface area (Å²) < 4.78 is 20.3. The van der Waals surface area contributed by atoms with Crippen LogP contribution >= 0.6 is 0 Å². The first-order valence-corrected chi connectivity index (χ1v) is 11.5. The predicted octanol–water partition coefficient (Wildman–Crippen LogP) is 3.33. The van der Waals surface area contributed by atoms with Gasteiger partial charge in [-0.05, 0) is 35.9 Å². The third-order valence-corrected chi connectivity index (χ3v) is 6.22. The van der Waals surface area contributed by atoms with E-state index in [1.165, 1.54) is 16.8 Å². The van der Waals surface area contributed by atoms with Crippen LogP contribution in [0, 0.1) is 5.82 Å². The first-order chi connectivity index (χ1) is 17.1. The van der Waals surface area contributed by atoms with E-state index >= 15 is 0 Å². The monoisotopic (exact) mass is 472 g/mol. The number of rotatable bonds is 6. The SMILES string of the molecule is O=C(NC[C@H](c1ccc(F)cc1)N1CCOCC1)c1nn(-c2ccccc2)c(=O)c2ccccc12. The molecule has 0 unspecified atom stereocenters. The summed E-state index contributed by atoms with van der Waals surface area (Å²) in [6.45, 7) is 2.90. The van der Waals surface area contributed by atoms with Gasteiger partial charge in [0.2, 0.25) is 0 Å². The van der Waals surface area contributed by atoms with E-state index in [0.29, 0.717) is 49.3 Å². The number of carbonyl (C=O) groups excluding carboxylic acids is 1. The van der Waals surface area contributed by atoms with Crippen molar-refractivity contribution < 1.29 is 13.9 Å². The van der Waals surface area contributed by atoms with Crippen LogP contribution in [0.25, 0.3) is 16.5 Å². The van der Waals surface area contributed by atoms with E-state index in [1.54, 1.807) is 48.5 Å². The minimum atomic E-state index is -0.383. The zero-order valence-corrected chi connectivity index (χ0v) is 19.1. The van der Waals surface area contributed by atoms with E-state index in [2.05, 4.69) is 15.3 Å². The number of amides is 1. The zero-order chi connectivity index (χ0) is 24.2. The summed E-state index contributed by atoms with van der Waals surface area (Å²) in [6.07, 6.45) is 0. The van der Waals surface area contributed by atoms with Gasteiger partial charge in [-0.15, -0.1) is 0 Å². The summed E-state index contributed by atoms with van der Waals surface area (Å²) in [7, 11) is 0. The Morgan fingerprint density at radius 3 is 2.31 bits per heavy atom. The van der Waals surface area contributed by atoms with Crippen molar-refractivity contribution in [3.63, 3.8) is 0 Å². The van der Waals surface area contributed by atoms with Crippen molar-refractivity contribution in [2.75, 3.05) is 32.8 Å². The topological polar surface area (TPSA) is 76.5 Å². The number of carbonyl (C=O) groups is 1. The number of para-hydroxylation sites is 1. The molecule has 1 N–H and O–H groups in total. The Bertz CT molecular complexity index is 1380. The lowest BCUT2D eigenvalue weighted by atomic mass is 10.0. The number of nitrogens with one attached hydrogen (secondary N) is 1. The minimum Gasteiger partial charge on any atom is -0.379 e. The van der Waals surface area contributed by atoms with Crippen molar-refractivity contribution in [2.45, 2.75) is 6.04 Å². The van der Waals surface area contributed by atoms with Gasteiger partial charge in [-0.25, -0.2) is 4.39 Å². The van der Waals surface area contributed by atoms with Crippen molar-refractivity contribution >= 4 is 16.7 Å². The second-order valence-electron chi connectivity index (χ2n) is 8.37. The van der Waals surface area contributed by atoms with E-state index in [-0.39, 0.29) is 29.0 Å². The zero-order valence-electron chi connectivity index (χ0n) is 19.1. The second kappa shape index (κ2) is 10.2. The molecular weight excluding hydrogens is 447 g/mol. The van der Waals surface area contributed by atoms with Crippen LogP contribution in [0.4, 0.5) is 4.39 Å². The predicted molar refractivity (Wildman–Crippen MR) is 131 cm³/mol. The maximum atomic E-state index is 13.5. The molecular formula is C27H25FN4O3. The largest absolute Gasteiger partial charge is 0.379 e. The molecule has 2 heterocycles. The van der Waals surface area contributed by atoms with E-state index in [9.17, 15) is 14.0 Å². The number of fused-ring (bicyclic) bond motifs is 1. The molecule has 3 aromatic carbocycles. The molecule has 8 heteroatoms. The molecule has 4 aromatic rings. The van der Waals surface area contributed by atoms with Gasteiger partial charge in [-0.3, -0.25) is 14.5 Å². The van der Waals surface area contributed by atoms with Crippen LogP contribution in [-0.4, -0.2) is 53.4 Å². The van der Waals surface area contributed by atoms with E-state index < -0.39 is 0 Å². The quantitative estimate of drug-likeness (QED) is 0.466. The number of morpholine rings is 1. The van der Waals surface area contributed by atoms with Crippen molar-refractivity contribution in [1.82, 2.24) is 20.0 Å². The van der Waals surface area contributed by atoms with Gasteiger partial charge in [0, 0.05) is 25.0 Å². The molecule has 1 saturated heterocycles. The van der Waals surface area contributed by atoms with Crippen molar-refractivity contribution in [2.24, 2.45) is 0 Å². The van der Waals surface area contributed by atoms with Gasteiger partial charge in [0.05, 0.1) is 30.3 Å². The lowest BCUT2D eigenvalue weighted by Crippen LogP contribution is -2.44. The van der Waals surface area contributed by atoms with Gasteiger partial charge in [0.1, 0.15) is 5.82 Å². The number of benzene rings is 3. The highest BCUT2D eigenvalue weighted by molar-refractivity contribution is 6.04. The molecule has 1 aliphatic heterocycles. The van der Waals surface area contributed by atoms with Crippen LogP contribution in [0.15, 0.2) is 83.7 Å². The van der Waals surface area contributed by atoms with Crippen LogP contribution in [0.1, 0.15) is 22.1 Å². The fourth-order valence-electron chi connectivity index (χ4n) is 4.41. The summed E-state index contributed by atoms with van der Waals surface area (Å²) in [5.41, 5.74) is 1.36. The number of ether oxygens (including phenoxy) is 1. The standard InChI is InChI=1S/C27H25FN4O3/c28-20-12-10-19(11-13-20)24(31-14-16-35-17-15-31)18-29-26(33)25-22-8-4-5-9-23(22)27(34)32(30-25)21-6-2-1-3-7-21/h1-13,24H,14-18H2,(H,29,33)/t24-/m1/s1. The molecule has 35 heavy (non-hydrogen) atoms. The molecule has 0 aliphatic carbocycles. The van der Waals surface area contributed by atoms with Crippen molar-refractivity contribution in [3.8, 4) is 5.69 Å². The Morgan fingerprint density at radius 1 is 0.943 bits per heavy atom. The van der Waals surface area contributed by atoms with Gasteiger partial charge in [-0.1, -0.05) is 48.5 Å². The Labute approximate surface area is 201 Å². The van der Waals surface area contributed by atoms with Gasteiger partial charge < -0.3 is 10.1 Å². The maximum absolute atomic E-state index is 13.5. The van der Waals surface area contributed by atoms with E-state index in [4.69, 9.17) is 4.74 Å². The summed E-state index contributed by atoms with van der Waals surface area (Å²) in [4.78, 5) is 28.8. The number of nitrogens with zero attached hydrogens (tertiary/aromatic N) is 3. The van der Waals surface area contributed by atoms with Crippen LogP contribution < -0.4 is 10.9 Å². The minimum absolute atomic E-state index is 0.158. The lowest BCUT2D eigenvalue weighted by Gasteiger charge is -2.35. The summed E-state index contributed by atoms with van der Waals surface area (Å²) >= 11 is 0. The van der Waals surface area contributed by atoms with E-state index in [1.807, 2.05) is 18.2 Å². The molecule has 0 spiro atoms. The molecule has 178 valence electrons. The molecule has 0 bridgehead atoms. The molecule has 5 rings (SSSR count). The molecule has 1 fully saturated rings. The number of hydrogen-bond acceptors (Lipinski definition) is 5. The summed E-state index contributed by atoms with van der Waals surface area (Å²) in [6, 6.07) is 22.2. The first-order valence-electron chi connectivity index (χ1n) is 11.5. The highest BCUT2D eigenvalue weighted by atomic mass is 19.1. The van der Waals surface area contributed by atoms with Crippen molar-refractivity contribution in [3.05, 3.63) is 106 Å². The van der Waals surface area contributed by atoms with Gasteiger partial charge >= 0.3 is 0 Å². The van der Waals surface area contributed by atoms with Gasteiger partial charge in [-0.2, -0.15) is 9.78 Å². The van der Waals surface area contributed by atoms with Crippen LogP contribution in [0.5, 0.6) is 0 Å². The highest BCUT2D eigenvalue weighted by Gasteiger charge is 2.25. The fraction of sp³-hybridized carbons (Fsp3) is 0.222. The lowest BCUT2D eigenvalue weighted by molar-refractivity contribution is 0.0162. The molecule has 1 aromatic heterocycles. The smallest absolute Gasteiger partial charge is 0.279 e. The molecule has 0 saturated carbocycles. The summed E-state index contributed by atoms with van der Waals surface area (Å²) in [5.74, 6) is -0.691. The van der Waals surface area contributed by atoms with Crippen LogP contribution in [-0.2, 0) is 4.74 Å². The molecule has 0 radical (unpaired) electrons. The van der Waals surface area contributed by atoms with Crippen LogP contribution in [0.3, 0.4) is 0 Å². The molecule has 1 atom stereocenters. The Morgan fingerprint density at radius 2 is 1.60 bits per heavy atom. The molecule has 7 nitrogen and oxygen atoms in total. The normalized spacial score (nSPS) is 15.1. The Hall–Kier alpha value is -3.88. The Balaban J connectivity index is 1.48. The summed E-state index contributed by atoms with van der Waals surface area (Å²) in [5, 5.41) is 8.37. The maximum Gasteiger partial charge on any atom is 0.279 e. The molecule has 1 aliphatic rings. The third-order valence-electron chi connectivity index (χ3n) is 6.22. The third kappa shape index (κ3) is 4.84. The second-order valence-corrected chi connectivity index (χ2v) is 8.37. The fourth-order valence-corrected chi connectivity index (χ4v) is 4.41. The van der Waals surface area contributed by atoms with E-state index in [0.717, 1.165) is 5.56 Å². The number of halogens is 1. The van der Waals surface area contributed by atoms with Gasteiger partial charge in [0.15, 0.2) is 5.69 Å². The highest BCUT2D eigenvalue weighted by Crippen LogP contribution is 2.22. The Kier molecular flexibility index (Phi) is 6.65.